The molecular weight excluding hydrogens is 217 g/mol. The van der Waals surface area contributed by atoms with Crippen LogP contribution in [0.3, 0.4) is 0 Å². The van der Waals surface area contributed by atoms with Gasteiger partial charge in [-0.2, -0.15) is 26.9 Å². The van der Waals surface area contributed by atoms with Crippen molar-refractivity contribution in [3.63, 3.8) is 0 Å². The third-order valence-electron chi connectivity index (χ3n) is 1.19. The SMILES string of the molecule is Fc1cc(C(F)(F)F)c(Cl)c(F)n1. The lowest BCUT2D eigenvalue weighted by molar-refractivity contribution is -0.138. The number of hydrogen-bond donors (Lipinski definition) is 0. The Morgan fingerprint density at radius 3 is 2.23 bits per heavy atom. The van der Waals surface area contributed by atoms with E-state index in [4.69, 9.17) is 11.6 Å². The molecule has 0 atom stereocenters. The number of halogens is 6. The number of pyridine rings is 1. The molecule has 0 fully saturated rings. The minimum atomic E-state index is -4.89. The van der Waals surface area contributed by atoms with Crippen molar-refractivity contribution in [3.8, 4) is 0 Å². The van der Waals surface area contributed by atoms with Crippen LogP contribution in [0.5, 0.6) is 0 Å². The summed E-state index contributed by atoms with van der Waals surface area (Å²) in [7, 11) is 0. The van der Waals surface area contributed by atoms with E-state index in [1.165, 1.54) is 0 Å². The molecule has 0 N–H and O–H groups in total. The van der Waals surface area contributed by atoms with Crippen LogP contribution in [0.1, 0.15) is 5.56 Å². The molecule has 1 rings (SSSR count). The molecule has 0 bridgehead atoms. The first-order valence-electron chi connectivity index (χ1n) is 2.91. The normalized spacial score (nSPS) is 11.8. The zero-order chi connectivity index (χ0) is 10.2. The fourth-order valence-corrected chi connectivity index (χ4v) is 0.879. The van der Waals surface area contributed by atoms with Gasteiger partial charge in [0, 0.05) is 6.07 Å². The highest BCUT2D eigenvalue weighted by molar-refractivity contribution is 6.31. The van der Waals surface area contributed by atoms with Gasteiger partial charge < -0.3 is 0 Å². The Labute approximate surface area is 74.1 Å². The van der Waals surface area contributed by atoms with Crippen molar-refractivity contribution in [2.45, 2.75) is 6.18 Å². The first-order chi connectivity index (χ1) is 5.82. The number of alkyl halides is 3. The van der Waals surface area contributed by atoms with E-state index in [0.717, 1.165) is 0 Å². The van der Waals surface area contributed by atoms with Crippen molar-refractivity contribution in [1.29, 1.82) is 0 Å². The molecule has 0 aliphatic rings. The van der Waals surface area contributed by atoms with Crippen LogP contribution in [0.15, 0.2) is 6.07 Å². The first kappa shape index (κ1) is 10.2. The van der Waals surface area contributed by atoms with E-state index in [1.807, 2.05) is 0 Å². The van der Waals surface area contributed by atoms with E-state index in [0.29, 0.717) is 0 Å². The summed E-state index contributed by atoms with van der Waals surface area (Å²) < 4.78 is 60.5. The molecule has 0 aromatic carbocycles. The molecule has 1 aromatic heterocycles. The monoisotopic (exact) mass is 217 g/mol. The summed E-state index contributed by atoms with van der Waals surface area (Å²) in [6.07, 6.45) is -4.89. The van der Waals surface area contributed by atoms with Crippen LogP contribution >= 0.6 is 11.6 Å². The lowest BCUT2D eigenvalue weighted by atomic mass is 10.2. The van der Waals surface area contributed by atoms with Crippen LogP contribution in [-0.2, 0) is 6.18 Å². The summed E-state index contributed by atoms with van der Waals surface area (Å²) in [6.45, 7) is 0. The highest BCUT2D eigenvalue weighted by Gasteiger charge is 2.35. The summed E-state index contributed by atoms with van der Waals surface area (Å²) in [5.74, 6) is -3.23. The second-order valence-electron chi connectivity index (χ2n) is 2.10. The molecule has 1 aromatic rings. The largest absolute Gasteiger partial charge is 0.418 e. The smallest absolute Gasteiger partial charge is 0.189 e. The maximum atomic E-state index is 12.4. The Hall–Kier alpha value is -0.910. The minimum Gasteiger partial charge on any atom is -0.189 e. The quantitative estimate of drug-likeness (QED) is 0.481. The lowest BCUT2D eigenvalue weighted by Crippen LogP contribution is -2.09. The molecular formula is C6HClF5N. The van der Waals surface area contributed by atoms with Gasteiger partial charge in [0.25, 0.3) is 0 Å². The number of nitrogens with zero attached hydrogens (tertiary/aromatic N) is 1. The van der Waals surface area contributed by atoms with Crippen LogP contribution in [0.25, 0.3) is 0 Å². The van der Waals surface area contributed by atoms with Crippen molar-refractivity contribution in [2.24, 2.45) is 0 Å². The molecule has 72 valence electrons. The van der Waals surface area contributed by atoms with Crippen LogP contribution in [0, 0.1) is 11.9 Å². The van der Waals surface area contributed by atoms with Crippen molar-refractivity contribution < 1.29 is 22.0 Å². The van der Waals surface area contributed by atoms with E-state index in [2.05, 4.69) is 4.98 Å². The van der Waals surface area contributed by atoms with E-state index in [-0.39, 0.29) is 6.07 Å². The van der Waals surface area contributed by atoms with Gasteiger partial charge in [-0.15, -0.1) is 0 Å². The molecule has 7 heteroatoms. The molecule has 0 radical (unpaired) electrons. The summed E-state index contributed by atoms with van der Waals surface area (Å²) in [6, 6.07) is 0.0331. The first-order valence-corrected chi connectivity index (χ1v) is 3.29. The van der Waals surface area contributed by atoms with E-state index < -0.39 is 28.7 Å². The van der Waals surface area contributed by atoms with E-state index >= 15 is 0 Å². The highest BCUT2D eigenvalue weighted by atomic mass is 35.5. The van der Waals surface area contributed by atoms with Gasteiger partial charge >= 0.3 is 6.18 Å². The summed E-state index contributed by atoms with van der Waals surface area (Å²) in [5.41, 5.74) is -1.57. The van der Waals surface area contributed by atoms with E-state index in [1.54, 1.807) is 0 Å². The summed E-state index contributed by atoms with van der Waals surface area (Å²) >= 11 is 4.93. The fourth-order valence-electron chi connectivity index (χ4n) is 0.675. The van der Waals surface area contributed by atoms with Gasteiger partial charge in [0.1, 0.15) is 5.02 Å². The second kappa shape index (κ2) is 3.10. The fraction of sp³-hybridized carbons (Fsp3) is 0.167. The lowest BCUT2D eigenvalue weighted by Gasteiger charge is -2.08. The summed E-state index contributed by atoms with van der Waals surface area (Å²) in [5, 5.41) is -1.23. The molecule has 0 spiro atoms. The average Bonchev–Trinajstić information content (AvgIpc) is 1.94. The van der Waals surface area contributed by atoms with Crippen molar-refractivity contribution >= 4 is 11.6 Å². The Bertz CT molecular complexity index is 335. The minimum absolute atomic E-state index is 0.0331. The molecule has 0 aliphatic carbocycles. The van der Waals surface area contributed by atoms with Gasteiger partial charge in [0.2, 0.25) is 11.9 Å². The van der Waals surface area contributed by atoms with Crippen molar-refractivity contribution in [2.75, 3.05) is 0 Å². The van der Waals surface area contributed by atoms with Gasteiger partial charge in [0.05, 0.1) is 5.56 Å². The van der Waals surface area contributed by atoms with Crippen LogP contribution < -0.4 is 0 Å². The zero-order valence-corrected chi connectivity index (χ0v) is 6.55. The van der Waals surface area contributed by atoms with E-state index in [9.17, 15) is 22.0 Å². The van der Waals surface area contributed by atoms with Gasteiger partial charge in [-0.1, -0.05) is 11.6 Å². The van der Waals surface area contributed by atoms with Crippen LogP contribution in [0.4, 0.5) is 22.0 Å². The van der Waals surface area contributed by atoms with Crippen LogP contribution in [-0.4, -0.2) is 4.98 Å². The molecule has 1 heterocycles. The molecule has 0 saturated carbocycles. The number of rotatable bonds is 0. The molecule has 0 amide bonds. The third-order valence-corrected chi connectivity index (χ3v) is 1.55. The molecule has 13 heavy (non-hydrogen) atoms. The van der Waals surface area contributed by atoms with Gasteiger partial charge in [-0.25, -0.2) is 0 Å². The molecule has 0 aliphatic heterocycles. The molecule has 0 saturated heterocycles. The topological polar surface area (TPSA) is 12.9 Å². The maximum absolute atomic E-state index is 12.4. The van der Waals surface area contributed by atoms with Crippen LogP contribution in [0.2, 0.25) is 5.02 Å². The molecule has 1 nitrogen and oxygen atoms in total. The average molecular weight is 218 g/mol. The second-order valence-corrected chi connectivity index (χ2v) is 2.47. The Balaban J connectivity index is 3.37. The number of aromatic nitrogens is 1. The highest BCUT2D eigenvalue weighted by Crippen LogP contribution is 2.35. The predicted molar refractivity (Wildman–Crippen MR) is 34.2 cm³/mol. The van der Waals surface area contributed by atoms with Gasteiger partial charge in [-0.3, -0.25) is 0 Å². The Kier molecular flexibility index (Phi) is 2.42. The van der Waals surface area contributed by atoms with Gasteiger partial charge in [0.15, 0.2) is 0 Å². The Morgan fingerprint density at radius 1 is 1.23 bits per heavy atom. The zero-order valence-electron chi connectivity index (χ0n) is 5.79. The van der Waals surface area contributed by atoms with Crippen molar-refractivity contribution in [3.05, 3.63) is 28.5 Å². The molecule has 0 unspecified atom stereocenters. The maximum Gasteiger partial charge on any atom is 0.418 e. The number of hydrogen-bond acceptors (Lipinski definition) is 1. The predicted octanol–water partition coefficient (Wildman–Crippen LogP) is 3.03. The Morgan fingerprint density at radius 2 is 1.77 bits per heavy atom. The van der Waals surface area contributed by atoms with Crippen molar-refractivity contribution in [1.82, 2.24) is 4.98 Å². The summed E-state index contributed by atoms with van der Waals surface area (Å²) in [4.78, 5) is 2.48. The van der Waals surface area contributed by atoms with Gasteiger partial charge in [-0.05, 0) is 0 Å². The third kappa shape index (κ3) is 2.06. The standard InChI is InChI=1S/C6HClF5N/c7-4-2(6(10,11)12)1-3(8)13-5(4)9/h1H.